The molecule has 0 aliphatic carbocycles. The highest BCUT2D eigenvalue weighted by Gasteiger charge is 2.34. The van der Waals surface area contributed by atoms with Crippen molar-refractivity contribution in [2.45, 2.75) is 38.9 Å². The maximum Gasteiger partial charge on any atom is 0.269 e. The van der Waals surface area contributed by atoms with Gasteiger partial charge in [-0.05, 0) is 43.2 Å². The zero-order chi connectivity index (χ0) is 19.7. The third-order valence-corrected chi connectivity index (χ3v) is 4.82. The minimum absolute atomic E-state index is 0.145. The van der Waals surface area contributed by atoms with Crippen LogP contribution in [-0.2, 0) is 11.2 Å². The van der Waals surface area contributed by atoms with Gasteiger partial charge in [-0.25, -0.2) is 0 Å². The molecule has 6 nitrogen and oxygen atoms in total. The van der Waals surface area contributed by atoms with E-state index in [1.54, 1.807) is 25.1 Å². The van der Waals surface area contributed by atoms with Crippen LogP contribution in [0.4, 0.5) is 5.69 Å². The van der Waals surface area contributed by atoms with Crippen molar-refractivity contribution in [2.24, 2.45) is 0 Å². The highest BCUT2D eigenvalue weighted by Crippen LogP contribution is 2.33. The molecule has 3 aromatic rings. The summed E-state index contributed by atoms with van der Waals surface area (Å²) in [6, 6.07) is 14.4. The monoisotopic (exact) mass is 378 g/mol. The second-order valence-corrected chi connectivity index (χ2v) is 6.97. The summed E-state index contributed by atoms with van der Waals surface area (Å²) in [5.41, 5.74) is 2.16. The number of hydrogen-bond donors (Lipinski definition) is 2. The first-order chi connectivity index (χ1) is 13.5. The van der Waals surface area contributed by atoms with Gasteiger partial charge in [0.25, 0.3) is 5.91 Å². The van der Waals surface area contributed by atoms with Crippen LogP contribution in [0.2, 0.25) is 0 Å². The minimum Gasteiger partial charge on any atom is -0.482 e. The first kappa shape index (κ1) is 18.1. The first-order valence-corrected chi connectivity index (χ1v) is 9.44. The number of carbonyl (C=O) groups is 1. The topological polar surface area (TPSA) is 80.4 Å². The fraction of sp³-hybridized carbons (Fsp3) is 0.273. The van der Waals surface area contributed by atoms with Gasteiger partial charge in [-0.1, -0.05) is 31.5 Å². The largest absolute Gasteiger partial charge is 0.482 e. The van der Waals surface area contributed by atoms with Crippen LogP contribution in [0.1, 0.15) is 25.8 Å². The van der Waals surface area contributed by atoms with Crippen molar-refractivity contribution in [1.29, 1.82) is 0 Å². The fourth-order valence-electron chi connectivity index (χ4n) is 3.51. The molecule has 2 N–H and O–H groups in total. The van der Waals surface area contributed by atoms with Gasteiger partial charge < -0.3 is 19.8 Å². The van der Waals surface area contributed by atoms with E-state index in [1.807, 2.05) is 30.3 Å². The number of anilines is 1. The van der Waals surface area contributed by atoms with Gasteiger partial charge in [0.1, 0.15) is 6.10 Å². The van der Waals surface area contributed by atoms with E-state index in [1.165, 1.54) is 0 Å². The standard InChI is InChI=1S/C22H22N2O4/c1-3-6-14-11-20(25)24-17-12-15(9-10-16(14)17)23-22(26)21-13(2)27-18-7-4-5-8-19(18)28-21/h4-5,7-13,21H,3,6H2,1-2H3,(H,23,26)(H,24,25). The van der Waals surface area contributed by atoms with E-state index < -0.39 is 12.2 Å². The molecule has 6 heteroatoms. The molecule has 2 atom stereocenters. The number of nitrogens with one attached hydrogen (secondary N) is 2. The summed E-state index contributed by atoms with van der Waals surface area (Å²) in [6.07, 6.45) is 0.591. The summed E-state index contributed by atoms with van der Waals surface area (Å²) in [4.78, 5) is 27.6. The smallest absolute Gasteiger partial charge is 0.269 e. The third-order valence-electron chi connectivity index (χ3n) is 4.82. The second-order valence-electron chi connectivity index (χ2n) is 6.97. The number of para-hydroxylation sites is 2. The molecule has 4 rings (SSSR count). The Hall–Kier alpha value is -3.28. The van der Waals surface area contributed by atoms with E-state index in [9.17, 15) is 9.59 Å². The Kier molecular flexibility index (Phi) is 4.77. The summed E-state index contributed by atoms with van der Waals surface area (Å²) < 4.78 is 11.6. The lowest BCUT2D eigenvalue weighted by atomic mass is 10.0. The lowest BCUT2D eigenvalue weighted by molar-refractivity contribution is -0.128. The van der Waals surface area contributed by atoms with Crippen molar-refractivity contribution in [3.8, 4) is 11.5 Å². The van der Waals surface area contributed by atoms with Crippen LogP contribution < -0.4 is 20.3 Å². The molecule has 0 spiro atoms. The average molecular weight is 378 g/mol. The van der Waals surface area contributed by atoms with Crippen LogP contribution in [0.25, 0.3) is 10.9 Å². The van der Waals surface area contributed by atoms with Crippen molar-refractivity contribution in [1.82, 2.24) is 4.98 Å². The predicted molar refractivity (Wildman–Crippen MR) is 108 cm³/mol. The number of rotatable bonds is 4. The molecule has 0 saturated heterocycles. The van der Waals surface area contributed by atoms with Crippen molar-refractivity contribution >= 4 is 22.5 Å². The van der Waals surface area contributed by atoms with Gasteiger partial charge in [0.15, 0.2) is 11.5 Å². The molecule has 1 aromatic heterocycles. The zero-order valence-corrected chi connectivity index (χ0v) is 15.8. The number of fused-ring (bicyclic) bond motifs is 2. The highest BCUT2D eigenvalue weighted by molar-refractivity contribution is 5.97. The van der Waals surface area contributed by atoms with E-state index in [0.29, 0.717) is 22.7 Å². The van der Waals surface area contributed by atoms with Crippen LogP contribution in [-0.4, -0.2) is 23.1 Å². The molecular weight excluding hydrogens is 356 g/mol. The van der Waals surface area contributed by atoms with E-state index in [-0.39, 0.29) is 11.5 Å². The van der Waals surface area contributed by atoms with Gasteiger partial charge in [-0.2, -0.15) is 0 Å². The number of aryl methyl sites for hydroxylation is 1. The normalized spacial score (nSPS) is 18.1. The van der Waals surface area contributed by atoms with E-state index in [4.69, 9.17) is 9.47 Å². The van der Waals surface area contributed by atoms with Gasteiger partial charge in [0.05, 0.1) is 5.52 Å². The number of pyridine rings is 1. The SMILES string of the molecule is CCCc1cc(=O)[nH]c2cc(NC(=O)C3Oc4ccccc4OC3C)ccc12. The van der Waals surface area contributed by atoms with Crippen LogP contribution in [0.15, 0.2) is 53.3 Å². The first-order valence-electron chi connectivity index (χ1n) is 9.44. The van der Waals surface area contributed by atoms with E-state index in [2.05, 4.69) is 17.2 Å². The van der Waals surface area contributed by atoms with Crippen LogP contribution in [0, 0.1) is 0 Å². The van der Waals surface area contributed by atoms with Crippen molar-refractivity contribution in [3.05, 3.63) is 64.4 Å². The Balaban J connectivity index is 1.58. The van der Waals surface area contributed by atoms with Crippen LogP contribution >= 0.6 is 0 Å². The number of carbonyl (C=O) groups excluding carboxylic acids is 1. The number of aromatic amines is 1. The Morgan fingerprint density at radius 2 is 1.86 bits per heavy atom. The van der Waals surface area contributed by atoms with Gasteiger partial charge in [0, 0.05) is 17.1 Å². The van der Waals surface area contributed by atoms with E-state index >= 15 is 0 Å². The highest BCUT2D eigenvalue weighted by atomic mass is 16.6. The van der Waals surface area contributed by atoms with Crippen molar-refractivity contribution in [3.63, 3.8) is 0 Å². The molecule has 144 valence electrons. The molecule has 1 aliphatic rings. The maximum absolute atomic E-state index is 12.8. The molecule has 2 unspecified atom stereocenters. The summed E-state index contributed by atoms with van der Waals surface area (Å²) in [7, 11) is 0. The molecule has 2 aromatic carbocycles. The number of benzene rings is 2. The molecule has 1 aliphatic heterocycles. The summed E-state index contributed by atoms with van der Waals surface area (Å²) >= 11 is 0. The lowest BCUT2D eigenvalue weighted by Gasteiger charge is -2.31. The average Bonchev–Trinajstić information content (AvgIpc) is 2.67. The summed E-state index contributed by atoms with van der Waals surface area (Å²) in [5.74, 6) is 0.881. The quantitative estimate of drug-likeness (QED) is 0.726. The molecule has 2 heterocycles. The van der Waals surface area contributed by atoms with Crippen molar-refractivity contribution in [2.75, 3.05) is 5.32 Å². The number of H-pyrrole nitrogens is 1. The van der Waals surface area contributed by atoms with Crippen LogP contribution in [0.5, 0.6) is 11.5 Å². The number of amides is 1. The molecule has 0 saturated carbocycles. The molecule has 0 fully saturated rings. The van der Waals surface area contributed by atoms with Gasteiger partial charge in [-0.15, -0.1) is 0 Å². The molecular formula is C22H22N2O4. The Labute approximate surface area is 162 Å². The summed E-state index contributed by atoms with van der Waals surface area (Å²) in [5, 5.41) is 3.86. The maximum atomic E-state index is 12.8. The number of hydrogen-bond acceptors (Lipinski definition) is 4. The molecule has 0 bridgehead atoms. The number of aromatic nitrogens is 1. The predicted octanol–water partition coefficient (Wildman–Crippen LogP) is 3.65. The Morgan fingerprint density at radius 1 is 1.11 bits per heavy atom. The fourth-order valence-corrected chi connectivity index (χ4v) is 3.51. The van der Waals surface area contributed by atoms with Crippen molar-refractivity contribution < 1.29 is 14.3 Å². The van der Waals surface area contributed by atoms with Gasteiger partial charge in [-0.3, -0.25) is 9.59 Å². The molecule has 28 heavy (non-hydrogen) atoms. The third kappa shape index (κ3) is 3.45. The lowest BCUT2D eigenvalue weighted by Crippen LogP contribution is -2.46. The number of ether oxygens (including phenoxy) is 2. The van der Waals surface area contributed by atoms with Gasteiger partial charge in [0.2, 0.25) is 11.7 Å². The van der Waals surface area contributed by atoms with Crippen LogP contribution in [0.3, 0.4) is 0 Å². The van der Waals surface area contributed by atoms with E-state index in [0.717, 1.165) is 23.8 Å². The minimum atomic E-state index is -0.768. The molecule has 1 amide bonds. The molecule has 0 radical (unpaired) electrons. The zero-order valence-electron chi connectivity index (χ0n) is 15.8. The Morgan fingerprint density at radius 3 is 2.61 bits per heavy atom. The second kappa shape index (κ2) is 7.38. The Bertz CT molecular complexity index is 1090. The summed E-state index contributed by atoms with van der Waals surface area (Å²) in [6.45, 7) is 3.88. The van der Waals surface area contributed by atoms with Gasteiger partial charge >= 0.3 is 0 Å².